The van der Waals surface area contributed by atoms with Crippen LogP contribution in [0.2, 0.25) is 0 Å². The van der Waals surface area contributed by atoms with E-state index in [0.29, 0.717) is 0 Å². The SMILES string of the molecule is CCOP(=O)(OCC)C(N=C=S)c1ccccc1. The second kappa shape index (κ2) is 7.57. The molecule has 0 saturated heterocycles. The summed E-state index contributed by atoms with van der Waals surface area (Å²) in [7, 11) is -3.36. The summed E-state index contributed by atoms with van der Waals surface area (Å²) in [6, 6.07) is 9.16. The van der Waals surface area contributed by atoms with Gasteiger partial charge in [0.15, 0.2) is 5.78 Å². The van der Waals surface area contributed by atoms with E-state index in [-0.39, 0.29) is 13.2 Å². The lowest BCUT2D eigenvalue weighted by Gasteiger charge is -2.22. The molecule has 0 fully saturated rings. The second-order valence-electron chi connectivity index (χ2n) is 3.38. The van der Waals surface area contributed by atoms with E-state index in [1.54, 1.807) is 13.8 Å². The number of hydrogen-bond acceptors (Lipinski definition) is 5. The maximum atomic E-state index is 12.7. The summed E-state index contributed by atoms with van der Waals surface area (Å²) >= 11 is 4.62. The zero-order valence-corrected chi connectivity index (χ0v) is 12.1. The summed E-state index contributed by atoms with van der Waals surface area (Å²) in [4.78, 5) is 3.96. The first-order chi connectivity index (χ1) is 8.68. The molecule has 0 heterocycles. The lowest BCUT2D eigenvalue weighted by atomic mass is 10.2. The molecule has 0 aliphatic heterocycles. The van der Waals surface area contributed by atoms with Gasteiger partial charge in [-0.3, -0.25) is 4.57 Å². The highest BCUT2D eigenvalue weighted by Crippen LogP contribution is 2.61. The van der Waals surface area contributed by atoms with Crippen molar-refractivity contribution < 1.29 is 13.6 Å². The van der Waals surface area contributed by atoms with Gasteiger partial charge in [0.05, 0.1) is 18.4 Å². The maximum Gasteiger partial charge on any atom is 0.360 e. The van der Waals surface area contributed by atoms with Crippen molar-refractivity contribution in [2.45, 2.75) is 19.6 Å². The van der Waals surface area contributed by atoms with Crippen LogP contribution in [0.5, 0.6) is 0 Å². The van der Waals surface area contributed by atoms with Crippen molar-refractivity contribution >= 4 is 25.0 Å². The smallest absolute Gasteiger partial charge is 0.307 e. The molecule has 0 bridgehead atoms. The van der Waals surface area contributed by atoms with E-state index >= 15 is 0 Å². The molecule has 6 heteroatoms. The Morgan fingerprint density at radius 2 is 1.83 bits per heavy atom. The van der Waals surface area contributed by atoms with E-state index in [0.717, 1.165) is 5.56 Å². The summed E-state index contributed by atoms with van der Waals surface area (Å²) in [5, 5.41) is 2.26. The zero-order valence-electron chi connectivity index (χ0n) is 10.4. The summed E-state index contributed by atoms with van der Waals surface area (Å²) < 4.78 is 23.3. The summed E-state index contributed by atoms with van der Waals surface area (Å²) in [6.45, 7) is 4.09. The minimum Gasteiger partial charge on any atom is -0.307 e. The first-order valence-electron chi connectivity index (χ1n) is 5.68. The Balaban J connectivity index is 3.17. The van der Waals surface area contributed by atoms with Crippen molar-refractivity contribution in [3.05, 3.63) is 35.9 Å². The molecule has 18 heavy (non-hydrogen) atoms. The number of nitrogens with zero attached hydrogens (tertiary/aromatic N) is 1. The Bertz CT molecular complexity index is 450. The highest BCUT2D eigenvalue weighted by Gasteiger charge is 2.36. The van der Waals surface area contributed by atoms with Crippen molar-refractivity contribution in [2.24, 2.45) is 4.99 Å². The molecule has 1 aromatic carbocycles. The van der Waals surface area contributed by atoms with Crippen LogP contribution in [0.3, 0.4) is 0 Å². The summed E-state index contributed by atoms with van der Waals surface area (Å²) in [5.41, 5.74) is 0.736. The fourth-order valence-corrected chi connectivity index (χ4v) is 3.54. The third kappa shape index (κ3) is 3.84. The van der Waals surface area contributed by atoms with Gasteiger partial charge in [-0.25, -0.2) is 4.99 Å². The van der Waals surface area contributed by atoms with Crippen LogP contribution >= 0.6 is 19.8 Å². The van der Waals surface area contributed by atoms with E-state index < -0.39 is 13.4 Å². The number of benzene rings is 1. The van der Waals surface area contributed by atoms with Gasteiger partial charge >= 0.3 is 7.60 Å². The van der Waals surface area contributed by atoms with Crippen LogP contribution in [0.1, 0.15) is 25.2 Å². The van der Waals surface area contributed by atoms with Gasteiger partial charge in [0.2, 0.25) is 0 Å². The molecule has 0 radical (unpaired) electrons. The molecular formula is C12H16NO3PS. The largest absolute Gasteiger partial charge is 0.360 e. The monoisotopic (exact) mass is 285 g/mol. The molecule has 1 unspecified atom stereocenters. The molecule has 0 aliphatic rings. The minimum absolute atomic E-state index is 0.285. The second-order valence-corrected chi connectivity index (χ2v) is 5.65. The zero-order chi connectivity index (χ0) is 13.4. The normalized spacial score (nSPS) is 12.8. The van der Waals surface area contributed by atoms with Crippen LogP contribution in [0.25, 0.3) is 0 Å². The van der Waals surface area contributed by atoms with E-state index in [1.165, 1.54) is 0 Å². The van der Waals surface area contributed by atoms with Crippen LogP contribution in [0.15, 0.2) is 35.3 Å². The van der Waals surface area contributed by atoms with Gasteiger partial charge < -0.3 is 9.05 Å². The Morgan fingerprint density at radius 3 is 2.28 bits per heavy atom. The molecule has 1 atom stereocenters. The Labute approximate surface area is 113 Å². The predicted octanol–water partition coefficient (Wildman–Crippen LogP) is 4.05. The molecule has 98 valence electrons. The number of thiocarbonyl (C=S) groups is 1. The number of hydrogen-bond donors (Lipinski definition) is 0. The molecule has 1 rings (SSSR count). The maximum absolute atomic E-state index is 12.7. The van der Waals surface area contributed by atoms with Crippen molar-refractivity contribution in [2.75, 3.05) is 13.2 Å². The lowest BCUT2D eigenvalue weighted by molar-refractivity contribution is 0.212. The van der Waals surface area contributed by atoms with Crippen molar-refractivity contribution in [3.8, 4) is 0 Å². The fraction of sp³-hybridized carbons (Fsp3) is 0.417. The average Bonchev–Trinajstić information content (AvgIpc) is 2.37. The number of aliphatic imine (C=N–C) groups is 1. The van der Waals surface area contributed by atoms with Gasteiger partial charge in [0.1, 0.15) is 0 Å². The van der Waals surface area contributed by atoms with Gasteiger partial charge in [-0.1, -0.05) is 30.3 Å². The van der Waals surface area contributed by atoms with Crippen molar-refractivity contribution in [1.82, 2.24) is 0 Å². The first kappa shape index (κ1) is 15.2. The standard InChI is InChI=1S/C12H16NO3PS/c1-3-15-17(14,16-4-2)12(13-10-18)11-8-6-5-7-9-11/h5-9,12H,3-4H2,1-2H3. The van der Waals surface area contributed by atoms with Crippen molar-refractivity contribution in [1.29, 1.82) is 0 Å². The third-order valence-corrected chi connectivity index (χ3v) is 4.54. The van der Waals surface area contributed by atoms with Crippen molar-refractivity contribution in [3.63, 3.8) is 0 Å². The highest BCUT2D eigenvalue weighted by atomic mass is 32.1. The van der Waals surface area contributed by atoms with Gasteiger partial charge in [-0.2, -0.15) is 0 Å². The third-order valence-electron chi connectivity index (χ3n) is 2.19. The number of rotatable bonds is 7. The molecule has 0 saturated carbocycles. The molecule has 0 aliphatic carbocycles. The van der Waals surface area contributed by atoms with E-state index in [4.69, 9.17) is 9.05 Å². The van der Waals surface area contributed by atoms with Crippen LogP contribution in [0.4, 0.5) is 0 Å². The molecular weight excluding hydrogens is 269 g/mol. The van der Waals surface area contributed by atoms with E-state index in [1.807, 2.05) is 30.3 Å². The molecule has 0 amide bonds. The average molecular weight is 285 g/mol. The molecule has 1 aromatic rings. The molecule has 4 nitrogen and oxygen atoms in total. The van der Waals surface area contributed by atoms with Crippen LogP contribution in [0, 0.1) is 0 Å². The fourth-order valence-electron chi connectivity index (χ4n) is 1.54. The highest BCUT2D eigenvalue weighted by molar-refractivity contribution is 7.78. The Hall–Kier alpha value is -0.830. The Kier molecular flexibility index (Phi) is 6.41. The van der Waals surface area contributed by atoms with Crippen LogP contribution < -0.4 is 0 Å². The topological polar surface area (TPSA) is 47.9 Å². The predicted molar refractivity (Wildman–Crippen MR) is 75.1 cm³/mol. The van der Waals surface area contributed by atoms with Crippen LogP contribution in [-0.2, 0) is 13.6 Å². The number of isothiocyanates is 1. The lowest BCUT2D eigenvalue weighted by Crippen LogP contribution is -2.04. The van der Waals surface area contributed by atoms with Gasteiger partial charge in [0, 0.05) is 0 Å². The van der Waals surface area contributed by atoms with E-state index in [9.17, 15) is 4.57 Å². The van der Waals surface area contributed by atoms with Crippen LogP contribution in [-0.4, -0.2) is 18.4 Å². The van der Waals surface area contributed by atoms with Gasteiger partial charge in [0.25, 0.3) is 0 Å². The quantitative estimate of drug-likeness (QED) is 0.431. The molecule has 0 spiro atoms. The summed E-state index contributed by atoms with van der Waals surface area (Å²) in [5.74, 6) is -0.754. The summed E-state index contributed by atoms with van der Waals surface area (Å²) in [6.07, 6.45) is 0. The first-order valence-corrected chi connectivity index (χ1v) is 7.70. The van der Waals surface area contributed by atoms with E-state index in [2.05, 4.69) is 22.4 Å². The van der Waals surface area contributed by atoms with Gasteiger partial charge in [-0.05, 0) is 31.6 Å². The Morgan fingerprint density at radius 1 is 1.28 bits per heavy atom. The minimum atomic E-state index is -3.36. The van der Waals surface area contributed by atoms with Gasteiger partial charge in [-0.15, -0.1) is 0 Å². The molecule has 0 aromatic heterocycles. The molecule has 0 N–H and O–H groups in total.